The summed E-state index contributed by atoms with van der Waals surface area (Å²) in [5.74, 6) is 0.780. The van der Waals surface area contributed by atoms with Crippen molar-refractivity contribution < 1.29 is 18.7 Å². The fourth-order valence-electron chi connectivity index (χ4n) is 4.00. The maximum absolute atomic E-state index is 13.0. The molecular weight excluding hydrogens is 476 g/mol. The number of benzene rings is 4. The van der Waals surface area contributed by atoms with E-state index in [1.165, 1.54) is 24.0 Å². The van der Waals surface area contributed by atoms with E-state index in [1.807, 2.05) is 66.7 Å². The minimum atomic E-state index is -0.529. The molecule has 0 unspecified atom stereocenters. The first-order chi connectivity index (χ1) is 18.5. The highest BCUT2D eigenvalue weighted by atomic mass is 16.5. The van der Waals surface area contributed by atoms with Crippen molar-refractivity contribution in [3.63, 3.8) is 0 Å². The third kappa shape index (κ3) is 5.73. The van der Waals surface area contributed by atoms with E-state index < -0.39 is 5.97 Å². The summed E-state index contributed by atoms with van der Waals surface area (Å²) >= 11 is 0. The van der Waals surface area contributed by atoms with Crippen LogP contribution in [0.4, 0.5) is 0 Å². The van der Waals surface area contributed by atoms with Crippen LogP contribution in [-0.4, -0.2) is 5.97 Å². The van der Waals surface area contributed by atoms with Crippen molar-refractivity contribution in [3.8, 4) is 28.4 Å². The van der Waals surface area contributed by atoms with E-state index in [1.54, 1.807) is 30.3 Å². The lowest BCUT2D eigenvalue weighted by atomic mass is 10.0. The molecule has 5 rings (SSSR count). The Bertz CT molecular complexity index is 1640. The zero-order valence-electron chi connectivity index (χ0n) is 21.1. The number of esters is 1. The van der Waals surface area contributed by atoms with Crippen LogP contribution >= 0.6 is 0 Å². The molecule has 188 valence electrons. The fraction of sp³-hybridized carbons (Fsp3) is 0.0909. The van der Waals surface area contributed by atoms with Crippen LogP contribution in [0.15, 0.2) is 119 Å². The quantitative estimate of drug-likeness (QED) is 0.128. The summed E-state index contributed by atoms with van der Waals surface area (Å²) in [6.07, 6.45) is 4.33. The number of rotatable bonds is 7. The first-order valence-corrected chi connectivity index (χ1v) is 12.3. The molecule has 0 atom stereocenters. The van der Waals surface area contributed by atoms with Gasteiger partial charge in [0, 0.05) is 12.1 Å². The van der Waals surface area contributed by atoms with Crippen molar-refractivity contribution in [2.24, 2.45) is 0 Å². The molecule has 0 saturated carbocycles. The summed E-state index contributed by atoms with van der Waals surface area (Å²) in [5.41, 5.74) is 4.25. The Morgan fingerprint density at radius 2 is 1.50 bits per heavy atom. The first kappa shape index (κ1) is 24.8. The Balaban J connectivity index is 1.27. The minimum Gasteiger partial charge on any atom is -0.460 e. The van der Waals surface area contributed by atoms with Gasteiger partial charge in [-0.3, -0.25) is 4.79 Å². The van der Waals surface area contributed by atoms with E-state index >= 15 is 0 Å². The van der Waals surface area contributed by atoms with Crippen LogP contribution in [0.1, 0.15) is 30.9 Å². The van der Waals surface area contributed by atoms with Gasteiger partial charge in [0.15, 0.2) is 0 Å². The molecule has 1 aromatic heterocycles. The van der Waals surface area contributed by atoms with Crippen LogP contribution in [0.3, 0.4) is 0 Å². The fourth-order valence-corrected chi connectivity index (χ4v) is 4.00. The number of ether oxygens (including phenoxy) is 2. The van der Waals surface area contributed by atoms with Crippen LogP contribution in [0.25, 0.3) is 28.2 Å². The average Bonchev–Trinajstić information content (AvgIpc) is 2.94. The van der Waals surface area contributed by atoms with Crippen molar-refractivity contribution in [2.75, 3.05) is 0 Å². The summed E-state index contributed by atoms with van der Waals surface area (Å²) in [5, 5.41) is 0.323. The van der Waals surface area contributed by atoms with E-state index in [0.717, 1.165) is 16.7 Å². The van der Waals surface area contributed by atoms with E-state index in [-0.39, 0.29) is 16.9 Å². The zero-order chi connectivity index (χ0) is 26.5. The number of hydrogen-bond donors (Lipinski definition) is 0. The Kier molecular flexibility index (Phi) is 7.18. The molecule has 0 aliphatic heterocycles. The molecule has 4 aromatic carbocycles. The lowest BCUT2D eigenvalue weighted by molar-refractivity contribution is -0.128. The predicted molar refractivity (Wildman–Crippen MR) is 150 cm³/mol. The molecule has 38 heavy (non-hydrogen) atoms. The van der Waals surface area contributed by atoms with Gasteiger partial charge in [0.05, 0.1) is 5.39 Å². The van der Waals surface area contributed by atoms with Crippen molar-refractivity contribution in [3.05, 3.63) is 131 Å². The lowest BCUT2D eigenvalue weighted by Gasteiger charge is -2.08. The van der Waals surface area contributed by atoms with Crippen molar-refractivity contribution >= 4 is 23.0 Å². The molecule has 0 aliphatic rings. The van der Waals surface area contributed by atoms with Crippen LogP contribution < -0.4 is 14.9 Å². The SMILES string of the molecule is CC(C)c1ccc(/C=C/C(=O)Oc2ccc3c(=O)c(Oc4ccc(-c5ccccc5)cc4)coc3c2)cc1. The largest absolute Gasteiger partial charge is 0.460 e. The van der Waals surface area contributed by atoms with Crippen LogP contribution in [0.2, 0.25) is 0 Å². The highest BCUT2D eigenvalue weighted by molar-refractivity contribution is 5.89. The highest BCUT2D eigenvalue weighted by Gasteiger charge is 2.12. The minimum absolute atomic E-state index is 0.0705. The average molecular weight is 503 g/mol. The van der Waals surface area contributed by atoms with Gasteiger partial charge in [-0.05, 0) is 58.5 Å². The number of fused-ring (bicyclic) bond motifs is 1. The molecule has 0 spiro atoms. The van der Waals surface area contributed by atoms with Gasteiger partial charge in [-0.15, -0.1) is 0 Å². The maximum Gasteiger partial charge on any atom is 0.336 e. The Hall–Kier alpha value is -4.90. The molecular formula is C33H26O5. The third-order valence-electron chi connectivity index (χ3n) is 6.14. The smallest absolute Gasteiger partial charge is 0.336 e. The van der Waals surface area contributed by atoms with E-state index in [9.17, 15) is 9.59 Å². The second kappa shape index (κ2) is 11.0. The predicted octanol–water partition coefficient (Wildman–Crippen LogP) is 7.99. The second-order valence-corrected chi connectivity index (χ2v) is 9.16. The lowest BCUT2D eigenvalue weighted by Crippen LogP contribution is -2.06. The molecule has 1 heterocycles. The molecule has 0 saturated heterocycles. The third-order valence-corrected chi connectivity index (χ3v) is 6.14. The zero-order valence-corrected chi connectivity index (χ0v) is 21.1. The summed E-state index contributed by atoms with van der Waals surface area (Å²) in [6, 6.07) is 30.1. The molecule has 0 bridgehead atoms. The van der Waals surface area contributed by atoms with Gasteiger partial charge in [-0.1, -0.05) is 80.6 Å². The molecule has 0 N–H and O–H groups in total. The van der Waals surface area contributed by atoms with Gasteiger partial charge < -0.3 is 13.9 Å². The number of carbonyl (C=O) groups excluding carboxylic acids is 1. The van der Waals surface area contributed by atoms with Gasteiger partial charge in [0.25, 0.3) is 0 Å². The van der Waals surface area contributed by atoms with Gasteiger partial charge in [-0.25, -0.2) is 4.79 Å². The molecule has 5 nitrogen and oxygen atoms in total. The summed E-state index contributed by atoms with van der Waals surface area (Å²) in [7, 11) is 0. The number of carbonyl (C=O) groups is 1. The Morgan fingerprint density at radius 3 is 2.21 bits per heavy atom. The summed E-state index contributed by atoms with van der Waals surface area (Å²) in [6.45, 7) is 4.26. The van der Waals surface area contributed by atoms with Gasteiger partial charge >= 0.3 is 5.97 Å². The van der Waals surface area contributed by atoms with Crippen molar-refractivity contribution in [2.45, 2.75) is 19.8 Å². The van der Waals surface area contributed by atoms with Crippen molar-refractivity contribution in [1.82, 2.24) is 0 Å². The van der Waals surface area contributed by atoms with Crippen molar-refractivity contribution in [1.29, 1.82) is 0 Å². The Labute approximate surface area is 220 Å². The van der Waals surface area contributed by atoms with E-state index in [2.05, 4.69) is 13.8 Å². The standard InChI is InChI=1S/C33H26O5/c1-22(2)24-11-8-23(9-12-24)10-19-32(34)38-28-17-18-29-30(20-28)36-21-31(33(29)35)37-27-15-13-26(14-16-27)25-6-4-3-5-7-25/h3-22H,1-2H3/b19-10+. The van der Waals surface area contributed by atoms with Gasteiger partial charge in [-0.2, -0.15) is 0 Å². The van der Waals surface area contributed by atoms with E-state index in [0.29, 0.717) is 22.6 Å². The Morgan fingerprint density at radius 1 is 0.816 bits per heavy atom. The van der Waals surface area contributed by atoms with Crippen LogP contribution in [0, 0.1) is 0 Å². The molecule has 0 fully saturated rings. The van der Waals surface area contributed by atoms with Gasteiger partial charge in [0.1, 0.15) is 23.3 Å². The van der Waals surface area contributed by atoms with Crippen LogP contribution in [-0.2, 0) is 4.79 Å². The molecule has 0 aliphatic carbocycles. The molecule has 0 radical (unpaired) electrons. The summed E-state index contributed by atoms with van der Waals surface area (Å²) < 4.78 is 16.8. The maximum atomic E-state index is 13.0. The second-order valence-electron chi connectivity index (χ2n) is 9.16. The molecule has 0 amide bonds. The monoisotopic (exact) mass is 502 g/mol. The van der Waals surface area contributed by atoms with E-state index in [4.69, 9.17) is 13.9 Å². The topological polar surface area (TPSA) is 65.7 Å². The summed E-state index contributed by atoms with van der Waals surface area (Å²) in [4.78, 5) is 25.3. The molecule has 5 heteroatoms. The molecule has 5 aromatic rings. The highest BCUT2D eigenvalue weighted by Crippen LogP contribution is 2.27. The normalized spacial score (nSPS) is 11.2. The number of hydrogen-bond acceptors (Lipinski definition) is 5. The first-order valence-electron chi connectivity index (χ1n) is 12.3. The van der Waals surface area contributed by atoms with Crippen LogP contribution in [0.5, 0.6) is 17.2 Å². The van der Waals surface area contributed by atoms with Gasteiger partial charge in [0.2, 0.25) is 11.2 Å².